The smallest absolute Gasteiger partial charge is 0.475 e. The number of phosphoric ester groups is 1. The highest BCUT2D eigenvalue weighted by Gasteiger charge is 2.45. The number of carboxylic acid groups (broad SMARTS) is 1. The Bertz CT molecular complexity index is 1190. The van der Waals surface area contributed by atoms with Gasteiger partial charge in [0.25, 0.3) is 0 Å². The number of anilines is 1. The van der Waals surface area contributed by atoms with Crippen molar-refractivity contribution in [2.75, 3.05) is 26.1 Å². The Balaban J connectivity index is 0.000000673. The lowest BCUT2D eigenvalue weighted by molar-refractivity contribution is -0.192. The first-order chi connectivity index (χ1) is 18.1. The fraction of sp³-hybridized carbons (Fsp3) is 0.611. The van der Waals surface area contributed by atoms with Crippen LogP contribution in [0, 0.1) is 0 Å². The van der Waals surface area contributed by atoms with Gasteiger partial charge in [-0.1, -0.05) is 0 Å². The molecule has 220 valence electrons. The monoisotopic (exact) mass is 589 g/mol. The summed E-state index contributed by atoms with van der Waals surface area (Å²) >= 11 is 0. The van der Waals surface area contributed by atoms with E-state index in [1.54, 1.807) is 0 Å². The Morgan fingerprint density at radius 2 is 1.87 bits per heavy atom. The first kappa shape index (κ1) is 32.2. The van der Waals surface area contributed by atoms with E-state index >= 15 is 0 Å². The van der Waals surface area contributed by atoms with Crippen LogP contribution in [0.1, 0.15) is 19.1 Å². The number of ether oxygens (including phenoxy) is 1. The molecule has 3 unspecified atom stereocenters. The highest BCUT2D eigenvalue weighted by molar-refractivity contribution is 7.48. The van der Waals surface area contributed by atoms with E-state index in [1.807, 2.05) is 0 Å². The highest BCUT2D eigenvalue weighted by Crippen LogP contribution is 2.49. The molecule has 0 spiro atoms. The van der Waals surface area contributed by atoms with Gasteiger partial charge in [-0.3, -0.25) is 22.9 Å². The minimum absolute atomic E-state index is 0.0452. The number of alkyl halides is 3. The first-order valence-corrected chi connectivity index (χ1v) is 12.3. The van der Waals surface area contributed by atoms with Gasteiger partial charge in [-0.25, -0.2) is 24.3 Å². The van der Waals surface area contributed by atoms with Gasteiger partial charge in [0.2, 0.25) is 5.91 Å². The molecular formula is C18H27F3N7O10P. The number of carbonyl (C=O) groups is 2. The van der Waals surface area contributed by atoms with Crippen LogP contribution in [0.3, 0.4) is 0 Å². The zero-order valence-corrected chi connectivity index (χ0v) is 21.1. The zero-order chi connectivity index (χ0) is 29.5. The molecule has 0 aromatic carbocycles. The average molecular weight is 589 g/mol. The van der Waals surface area contributed by atoms with E-state index in [9.17, 15) is 32.7 Å². The number of nitrogen functional groups attached to an aromatic ring is 1. The highest BCUT2D eigenvalue weighted by atomic mass is 31.2. The number of amides is 1. The molecule has 0 radical (unpaired) electrons. The van der Waals surface area contributed by atoms with Crippen molar-refractivity contribution in [1.82, 2.24) is 19.5 Å². The van der Waals surface area contributed by atoms with Crippen molar-refractivity contribution in [3.05, 3.63) is 12.7 Å². The number of nitrogens with two attached hydrogens (primary N) is 3. The molecule has 0 aliphatic carbocycles. The number of aliphatic carboxylic acids is 1. The topological polar surface area (TPSA) is 270 Å². The van der Waals surface area contributed by atoms with E-state index < -0.39 is 63.1 Å². The Hall–Kier alpha value is -2.97. The summed E-state index contributed by atoms with van der Waals surface area (Å²) in [5.74, 6) is -3.13. The van der Waals surface area contributed by atoms with Crippen LogP contribution < -0.4 is 17.2 Å². The number of halogens is 3. The van der Waals surface area contributed by atoms with Crippen molar-refractivity contribution < 1.29 is 61.0 Å². The van der Waals surface area contributed by atoms with Crippen LogP contribution in [0.5, 0.6) is 0 Å². The summed E-state index contributed by atoms with van der Waals surface area (Å²) < 4.78 is 66.7. The number of fused-ring (bicyclic) bond motifs is 1. The lowest BCUT2D eigenvalue weighted by atomic mass is 10.1. The zero-order valence-electron chi connectivity index (χ0n) is 20.2. The molecular weight excluding hydrogens is 562 g/mol. The average Bonchev–Trinajstić information content (AvgIpc) is 3.42. The van der Waals surface area contributed by atoms with Crippen molar-refractivity contribution in [3.63, 3.8) is 0 Å². The third kappa shape index (κ3) is 8.77. The molecule has 1 aliphatic rings. The Morgan fingerprint density at radius 1 is 1.23 bits per heavy atom. The molecule has 0 saturated carbocycles. The van der Waals surface area contributed by atoms with Crippen LogP contribution in [0.2, 0.25) is 0 Å². The number of carboxylic acids is 1. The number of primary amides is 1. The molecule has 0 bridgehead atoms. The second-order valence-corrected chi connectivity index (χ2v) is 9.69. The van der Waals surface area contributed by atoms with E-state index in [-0.39, 0.29) is 25.3 Å². The molecule has 2 aromatic heterocycles. The molecule has 6 atom stereocenters. The minimum atomic E-state index is -5.08. The van der Waals surface area contributed by atoms with E-state index in [1.165, 1.54) is 17.2 Å². The number of phosphoric acid groups is 1. The molecule has 1 amide bonds. The third-order valence-corrected chi connectivity index (χ3v) is 6.45. The summed E-state index contributed by atoms with van der Waals surface area (Å²) in [5.41, 5.74) is 17.2. The van der Waals surface area contributed by atoms with Crippen molar-refractivity contribution in [2.45, 2.75) is 49.6 Å². The van der Waals surface area contributed by atoms with Gasteiger partial charge in [0.1, 0.15) is 30.2 Å². The van der Waals surface area contributed by atoms with Gasteiger partial charge in [0.15, 0.2) is 17.7 Å². The maximum Gasteiger partial charge on any atom is 0.490 e. The first-order valence-electron chi connectivity index (χ1n) is 10.8. The van der Waals surface area contributed by atoms with Gasteiger partial charge in [-0.05, 0) is 6.42 Å². The van der Waals surface area contributed by atoms with E-state index in [4.69, 9.17) is 45.4 Å². The SMILES string of the molecule is COP(=O)(OCC(N)CCC(N)=O)OC[C@H]1OC(n2cnc3c(N)ncnc32)[C@H](O)[C@@H]1O.O=C(O)C(F)(F)F. The molecule has 3 rings (SSSR count). The van der Waals surface area contributed by atoms with Crippen LogP contribution >= 0.6 is 7.82 Å². The number of carbonyl (C=O) groups excluding carboxylic acids is 1. The quantitative estimate of drug-likeness (QED) is 0.172. The number of nitrogens with zero attached hydrogens (tertiary/aromatic N) is 4. The summed E-state index contributed by atoms with van der Waals surface area (Å²) in [6, 6.07) is -0.627. The van der Waals surface area contributed by atoms with Gasteiger partial charge in [0, 0.05) is 19.6 Å². The summed E-state index contributed by atoms with van der Waals surface area (Å²) in [5, 5.41) is 28.0. The summed E-state index contributed by atoms with van der Waals surface area (Å²) in [6.07, 6.45) is -7.15. The Labute approximate surface area is 217 Å². The number of aliphatic hydroxyl groups is 2. The van der Waals surface area contributed by atoms with Gasteiger partial charge in [-0.15, -0.1) is 0 Å². The lowest BCUT2D eigenvalue weighted by Gasteiger charge is -2.21. The van der Waals surface area contributed by atoms with Gasteiger partial charge >= 0.3 is 20.0 Å². The van der Waals surface area contributed by atoms with Crippen molar-refractivity contribution in [1.29, 1.82) is 0 Å². The summed E-state index contributed by atoms with van der Waals surface area (Å²) in [4.78, 5) is 31.7. The molecule has 1 saturated heterocycles. The van der Waals surface area contributed by atoms with Crippen LogP contribution in [-0.2, 0) is 32.5 Å². The van der Waals surface area contributed by atoms with Crippen molar-refractivity contribution in [2.24, 2.45) is 11.5 Å². The van der Waals surface area contributed by atoms with Gasteiger partial charge in [-0.2, -0.15) is 13.2 Å². The molecule has 2 aromatic rings. The molecule has 3 heterocycles. The number of aliphatic hydroxyl groups excluding tert-OH is 2. The second kappa shape index (κ2) is 13.4. The van der Waals surface area contributed by atoms with E-state index in [0.29, 0.717) is 11.2 Å². The number of hydrogen-bond acceptors (Lipinski definition) is 14. The van der Waals surface area contributed by atoms with Crippen LogP contribution in [0.4, 0.5) is 19.0 Å². The summed E-state index contributed by atoms with van der Waals surface area (Å²) in [7, 11) is -2.94. The predicted molar refractivity (Wildman–Crippen MR) is 122 cm³/mol. The molecule has 1 fully saturated rings. The normalized spacial score (nSPS) is 23.6. The molecule has 39 heavy (non-hydrogen) atoms. The molecule has 21 heteroatoms. The maximum absolute atomic E-state index is 12.6. The Morgan fingerprint density at radius 3 is 2.44 bits per heavy atom. The predicted octanol–water partition coefficient (Wildman–Crippen LogP) is -0.958. The molecule has 17 nitrogen and oxygen atoms in total. The number of imidazole rings is 1. The largest absolute Gasteiger partial charge is 0.490 e. The maximum atomic E-state index is 12.6. The van der Waals surface area contributed by atoms with Crippen LogP contribution in [0.25, 0.3) is 11.2 Å². The minimum Gasteiger partial charge on any atom is -0.475 e. The second-order valence-electron chi connectivity index (χ2n) is 7.92. The fourth-order valence-electron chi connectivity index (χ4n) is 3.06. The Kier molecular flexibility index (Phi) is 11.1. The molecule has 9 N–H and O–H groups in total. The van der Waals surface area contributed by atoms with E-state index in [0.717, 1.165) is 7.11 Å². The molecule has 1 aliphatic heterocycles. The van der Waals surface area contributed by atoms with Gasteiger partial charge in [0.05, 0.1) is 19.5 Å². The van der Waals surface area contributed by atoms with Crippen LogP contribution in [-0.4, -0.2) is 97.6 Å². The van der Waals surface area contributed by atoms with Crippen molar-refractivity contribution >= 4 is 36.7 Å². The van der Waals surface area contributed by atoms with Gasteiger partial charge < -0.3 is 37.3 Å². The number of rotatable bonds is 11. The fourth-order valence-corrected chi connectivity index (χ4v) is 4.05. The number of aromatic nitrogens is 4. The van der Waals surface area contributed by atoms with Crippen LogP contribution in [0.15, 0.2) is 12.7 Å². The lowest BCUT2D eigenvalue weighted by Crippen LogP contribution is -2.34. The number of hydrogen-bond donors (Lipinski definition) is 6. The summed E-state index contributed by atoms with van der Waals surface area (Å²) in [6.45, 7) is -0.653. The third-order valence-electron chi connectivity index (χ3n) is 5.07. The van der Waals surface area contributed by atoms with Crippen molar-refractivity contribution in [3.8, 4) is 0 Å². The van der Waals surface area contributed by atoms with E-state index in [2.05, 4.69) is 15.0 Å². The standard InChI is InChI=1S/C16H26N7O8P.C2HF3O2/c1-28-32(27,29-4-8(17)2-3-10(18)24)30-5-9-12(25)13(26)16(31-9)23-7-22-11-14(19)20-6-21-15(11)23;3-2(4,5)1(6)7/h6-9,12-13,16,25-26H,2-5,17H2,1H3,(H2,18,24)(H2,19,20,21);(H,6,7)/t8?,9-,12-,13-,16?,32?;/m1./s1.